The van der Waals surface area contributed by atoms with Crippen LogP contribution in [0, 0.1) is 0 Å². The van der Waals surface area contributed by atoms with E-state index in [2.05, 4.69) is 19.8 Å². The van der Waals surface area contributed by atoms with Gasteiger partial charge in [0.2, 0.25) is 11.5 Å². The van der Waals surface area contributed by atoms with E-state index in [0.717, 1.165) is 27.1 Å². The molecule has 0 saturated carbocycles. The van der Waals surface area contributed by atoms with Gasteiger partial charge in [0.1, 0.15) is 37.5 Å². The molecule has 204 valence electrons. The second-order valence-electron chi connectivity index (χ2n) is 8.27. The van der Waals surface area contributed by atoms with Gasteiger partial charge in [0.05, 0.1) is 18.3 Å². The Morgan fingerprint density at radius 2 is 2.26 bits per heavy atom. The summed E-state index contributed by atoms with van der Waals surface area (Å²) in [6, 6.07) is 4.71. The molecule has 0 aliphatic carbocycles. The number of aromatic nitrogens is 4. The van der Waals surface area contributed by atoms with Crippen molar-refractivity contribution >= 4 is 69.3 Å². The third-order valence-corrected chi connectivity index (χ3v) is 8.84. The second kappa shape index (κ2) is 11.2. The van der Waals surface area contributed by atoms with Gasteiger partial charge in [-0.1, -0.05) is 16.9 Å². The molecule has 0 bridgehead atoms. The van der Waals surface area contributed by atoms with Crippen molar-refractivity contribution in [1.82, 2.24) is 24.1 Å². The maximum absolute atomic E-state index is 13.1. The van der Waals surface area contributed by atoms with Crippen molar-refractivity contribution < 1.29 is 33.8 Å². The Morgan fingerprint density at radius 3 is 2.95 bits per heavy atom. The van der Waals surface area contributed by atoms with Gasteiger partial charge in [-0.05, 0) is 12.1 Å². The largest absolute Gasteiger partial charge is 0.543 e. The van der Waals surface area contributed by atoms with Crippen LogP contribution in [0.5, 0.6) is 0 Å². The SMILES string of the molecule is CO/N=C(\C(=O)N[C@@H]1C(=O)N2C(C(=O)[O-])=C(Cn3cc[n+]4c(SCCO)cccc34)CS[C@@H]12)c1nsc(N)n1. The van der Waals surface area contributed by atoms with Crippen LogP contribution >= 0.6 is 35.1 Å². The number of aliphatic hydroxyl groups excluding tert-OH is 1. The van der Waals surface area contributed by atoms with E-state index in [1.165, 1.54) is 30.6 Å². The number of carbonyl (C=O) groups is 3. The molecule has 1 saturated heterocycles. The number of anilines is 1. The predicted octanol–water partition coefficient (Wildman–Crippen LogP) is -1.80. The van der Waals surface area contributed by atoms with Crippen molar-refractivity contribution in [1.29, 1.82) is 0 Å². The summed E-state index contributed by atoms with van der Waals surface area (Å²) in [6.45, 7) is 0.265. The zero-order valence-electron chi connectivity index (χ0n) is 20.3. The molecule has 0 unspecified atom stereocenters. The minimum absolute atomic E-state index is 0.0464. The Bertz CT molecular complexity index is 1520. The number of aliphatic carboxylic acids is 1. The van der Waals surface area contributed by atoms with Gasteiger partial charge in [0.15, 0.2) is 10.2 Å². The summed E-state index contributed by atoms with van der Waals surface area (Å²) in [7, 11) is 1.25. The van der Waals surface area contributed by atoms with Crippen LogP contribution in [0.4, 0.5) is 5.13 Å². The Morgan fingerprint density at radius 1 is 1.44 bits per heavy atom. The smallest absolute Gasteiger partial charge is 0.287 e. The maximum atomic E-state index is 13.1. The highest BCUT2D eigenvalue weighted by atomic mass is 32.2. The molecule has 0 spiro atoms. The van der Waals surface area contributed by atoms with E-state index in [4.69, 9.17) is 15.7 Å². The average Bonchev–Trinajstić information content (AvgIpc) is 3.54. The summed E-state index contributed by atoms with van der Waals surface area (Å²) in [5.41, 5.74) is 6.45. The number of nitrogens with one attached hydrogen (secondary N) is 1. The molecule has 3 aromatic rings. The lowest BCUT2D eigenvalue weighted by molar-refractivity contribution is -0.554. The number of hydrogen-bond acceptors (Lipinski definition) is 13. The molecule has 0 aromatic carbocycles. The minimum atomic E-state index is -1.47. The molecule has 14 nitrogen and oxygen atoms in total. The fourth-order valence-corrected chi connectivity index (χ4v) is 6.85. The molecule has 2 aliphatic heterocycles. The van der Waals surface area contributed by atoms with Crippen LogP contribution in [-0.2, 0) is 25.8 Å². The first-order valence-corrected chi connectivity index (χ1v) is 14.3. The van der Waals surface area contributed by atoms with E-state index >= 15 is 0 Å². The van der Waals surface area contributed by atoms with Gasteiger partial charge in [-0.15, -0.1) is 11.8 Å². The Labute approximate surface area is 233 Å². The van der Waals surface area contributed by atoms with E-state index in [9.17, 15) is 19.5 Å². The van der Waals surface area contributed by atoms with Crippen LogP contribution in [0.1, 0.15) is 5.82 Å². The number of thioether (sulfide) groups is 2. The van der Waals surface area contributed by atoms with Gasteiger partial charge in [0.25, 0.3) is 17.5 Å². The number of amides is 2. The van der Waals surface area contributed by atoms with Crippen molar-refractivity contribution in [2.45, 2.75) is 23.0 Å². The number of carboxylic acids is 1. The number of nitrogens with zero attached hydrogens (tertiary/aromatic N) is 6. The zero-order chi connectivity index (χ0) is 27.7. The molecule has 5 rings (SSSR count). The molecule has 3 aromatic heterocycles. The fourth-order valence-electron chi connectivity index (χ4n) is 4.31. The van der Waals surface area contributed by atoms with E-state index in [1.54, 1.807) is 0 Å². The van der Waals surface area contributed by atoms with Crippen LogP contribution in [-0.4, -0.2) is 84.1 Å². The average molecular weight is 591 g/mol. The van der Waals surface area contributed by atoms with Crippen LogP contribution in [0.25, 0.3) is 5.65 Å². The summed E-state index contributed by atoms with van der Waals surface area (Å²) in [6.07, 6.45) is 3.68. The molecule has 2 atom stereocenters. The number of fused-ring (bicyclic) bond motifs is 2. The molecule has 1 fully saturated rings. The summed E-state index contributed by atoms with van der Waals surface area (Å²) in [4.78, 5) is 48.0. The molecule has 4 N–H and O–H groups in total. The number of imidazole rings is 1. The highest BCUT2D eigenvalue weighted by Gasteiger charge is 2.53. The quantitative estimate of drug-likeness (QED) is 0.0793. The van der Waals surface area contributed by atoms with Gasteiger partial charge in [-0.25, -0.2) is 4.57 Å². The third-order valence-electron chi connectivity index (χ3n) is 5.94. The number of nitrogen functional groups attached to an aromatic ring is 1. The first-order valence-electron chi connectivity index (χ1n) is 11.5. The number of oxime groups is 1. The monoisotopic (exact) mass is 590 g/mol. The molecule has 39 heavy (non-hydrogen) atoms. The van der Waals surface area contributed by atoms with E-state index in [0.29, 0.717) is 17.1 Å². The predicted molar refractivity (Wildman–Crippen MR) is 140 cm³/mol. The maximum Gasteiger partial charge on any atom is 0.287 e. The minimum Gasteiger partial charge on any atom is -0.543 e. The Hall–Kier alpha value is -3.67. The fraction of sp³-hybridized carbons (Fsp3) is 0.318. The van der Waals surface area contributed by atoms with Crippen molar-refractivity contribution in [3.05, 3.63) is 47.7 Å². The molecule has 2 amide bonds. The van der Waals surface area contributed by atoms with Gasteiger partial charge < -0.3 is 30.9 Å². The highest BCUT2D eigenvalue weighted by molar-refractivity contribution is 8.00. The Balaban J connectivity index is 1.36. The summed E-state index contributed by atoms with van der Waals surface area (Å²) < 4.78 is 7.78. The molecular weight excluding hydrogens is 568 g/mol. The van der Waals surface area contributed by atoms with Crippen LogP contribution in [0.15, 0.2) is 52.0 Å². The number of carboxylic acid groups (broad SMARTS) is 1. The lowest BCUT2D eigenvalue weighted by Crippen LogP contribution is -2.71. The van der Waals surface area contributed by atoms with Gasteiger partial charge in [-0.2, -0.15) is 13.8 Å². The van der Waals surface area contributed by atoms with Crippen molar-refractivity contribution in [2.75, 3.05) is 31.0 Å². The van der Waals surface area contributed by atoms with Crippen LogP contribution in [0.2, 0.25) is 0 Å². The van der Waals surface area contributed by atoms with Crippen molar-refractivity contribution in [3.63, 3.8) is 0 Å². The van der Waals surface area contributed by atoms with E-state index < -0.39 is 29.2 Å². The topological polar surface area (TPSA) is 192 Å². The van der Waals surface area contributed by atoms with Crippen LogP contribution in [0.3, 0.4) is 0 Å². The lowest BCUT2D eigenvalue weighted by atomic mass is 10.0. The van der Waals surface area contributed by atoms with Crippen LogP contribution < -0.4 is 20.6 Å². The zero-order valence-corrected chi connectivity index (χ0v) is 22.8. The van der Waals surface area contributed by atoms with Gasteiger partial charge in [-0.3, -0.25) is 14.5 Å². The normalized spacial score (nSPS) is 19.2. The second-order valence-corrected chi connectivity index (χ2v) is 11.3. The van der Waals surface area contributed by atoms with E-state index in [1.807, 2.05) is 39.6 Å². The summed E-state index contributed by atoms with van der Waals surface area (Å²) >= 11 is 3.70. The van der Waals surface area contributed by atoms with Gasteiger partial charge >= 0.3 is 0 Å². The summed E-state index contributed by atoms with van der Waals surface area (Å²) in [5, 5.41) is 28.0. The number of pyridine rings is 1. The number of β-lactam (4-membered cyclic amide) rings is 1. The number of aliphatic hydroxyl groups is 1. The third kappa shape index (κ3) is 5.05. The number of carbonyl (C=O) groups excluding carboxylic acids is 3. The lowest BCUT2D eigenvalue weighted by Gasteiger charge is -2.50. The molecular formula is C22H22N8O6S3. The summed E-state index contributed by atoms with van der Waals surface area (Å²) in [5.74, 6) is -2.03. The van der Waals surface area contributed by atoms with Crippen molar-refractivity contribution in [3.8, 4) is 0 Å². The van der Waals surface area contributed by atoms with Gasteiger partial charge in [0, 0.05) is 34.7 Å². The Kier molecular flexibility index (Phi) is 7.74. The van der Waals surface area contributed by atoms with Crippen molar-refractivity contribution in [2.24, 2.45) is 5.16 Å². The number of hydrogen-bond donors (Lipinski definition) is 3. The molecule has 5 heterocycles. The molecule has 2 aliphatic rings. The number of nitrogens with two attached hydrogens (primary N) is 1. The molecule has 0 radical (unpaired) electrons. The highest BCUT2D eigenvalue weighted by Crippen LogP contribution is 2.40. The standard InChI is InChI=1S/C22H22N8O6S3/c1-36-26-14(17-25-22(23)39-27-17)18(32)24-15-19(33)30-16(21(34)35)11(10-38-20(15)30)9-28-5-6-29-12(28)3-2-4-13(29)37-8-7-31/h2-6,15,20,31H,7-10H2,1H3,(H3-,23,24,25,27,32,34,35)/b26-14-/t15-,20+/m1/s1. The number of rotatable bonds is 10. The first kappa shape index (κ1) is 26.9. The molecule has 17 heteroatoms. The van der Waals surface area contributed by atoms with E-state index in [-0.39, 0.29) is 35.5 Å². The first-order chi connectivity index (χ1) is 18.8.